The number of likely N-dealkylation sites (N-methyl/N-ethyl adjacent to an activating group) is 1. The predicted molar refractivity (Wildman–Crippen MR) is 74.8 cm³/mol. The van der Waals surface area contributed by atoms with Crippen molar-refractivity contribution in [2.24, 2.45) is 0 Å². The van der Waals surface area contributed by atoms with Gasteiger partial charge in [-0.25, -0.2) is 0 Å². The maximum absolute atomic E-state index is 12.1. The van der Waals surface area contributed by atoms with Gasteiger partial charge >= 0.3 is 0 Å². The smallest absolute Gasteiger partial charge is 0.252 e. The highest BCUT2D eigenvalue weighted by Gasteiger charge is 2.22. The summed E-state index contributed by atoms with van der Waals surface area (Å²) in [5.74, 6) is -0.0342. The molecule has 1 atom stereocenters. The molecule has 1 N–H and O–H groups in total. The lowest BCUT2D eigenvalue weighted by molar-refractivity contribution is 0.0937. The van der Waals surface area contributed by atoms with E-state index in [2.05, 4.69) is 45.8 Å². The molecule has 1 aliphatic rings. The van der Waals surface area contributed by atoms with Gasteiger partial charge in [-0.3, -0.25) is 4.79 Å². The van der Waals surface area contributed by atoms with Gasteiger partial charge in [-0.2, -0.15) is 0 Å². The molecule has 1 amide bonds. The van der Waals surface area contributed by atoms with Crippen LogP contribution >= 0.6 is 28.6 Å². The van der Waals surface area contributed by atoms with Crippen LogP contribution in [0.15, 0.2) is 27.6 Å². The minimum Gasteiger partial charge on any atom is -0.348 e. The largest absolute Gasteiger partial charge is 0.348 e. The van der Waals surface area contributed by atoms with E-state index in [0.717, 1.165) is 28.9 Å². The number of nitrogens with one attached hydrogen (secondary N) is 1. The summed E-state index contributed by atoms with van der Waals surface area (Å²) in [6, 6.07) is 5.73. The van der Waals surface area contributed by atoms with Gasteiger partial charge in [0.15, 0.2) is 0 Å². The van der Waals surface area contributed by atoms with Crippen LogP contribution in [0.25, 0.3) is 0 Å². The SMILES string of the molecule is CN1CCC(NC(=O)c2cc(S)ccc2Br)C1. The Morgan fingerprint density at radius 1 is 1.59 bits per heavy atom. The van der Waals surface area contributed by atoms with Gasteiger partial charge < -0.3 is 10.2 Å². The molecule has 1 heterocycles. The van der Waals surface area contributed by atoms with Crippen molar-refractivity contribution in [1.29, 1.82) is 0 Å². The van der Waals surface area contributed by atoms with Crippen molar-refractivity contribution in [2.75, 3.05) is 20.1 Å². The molecule has 1 unspecified atom stereocenters. The van der Waals surface area contributed by atoms with Crippen LogP contribution in [0.3, 0.4) is 0 Å². The Hall–Kier alpha value is -0.520. The molecule has 1 saturated heterocycles. The second-order valence-corrected chi connectivity index (χ2v) is 5.76. The second kappa shape index (κ2) is 5.42. The minimum atomic E-state index is -0.0342. The Bertz CT molecular complexity index is 439. The molecular formula is C12H15BrN2OS. The predicted octanol–water partition coefficient (Wildman–Crippen LogP) is 2.17. The maximum Gasteiger partial charge on any atom is 0.252 e. The number of carbonyl (C=O) groups is 1. The first-order chi connectivity index (χ1) is 8.06. The van der Waals surface area contributed by atoms with E-state index in [1.54, 1.807) is 6.07 Å². The number of benzene rings is 1. The molecule has 1 aromatic carbocycles. The molecule has 92 valence electrons. The van der Waals surface area contributed by atoms with Crippen LogP contribution in [-0.2, 0) is 0 Å². The first-order valence-electron chi connectivity index (χ1n) is 5.54. The van der Waals surface area contributed by atoms with Crippen molar-refractivity contribution >= 4 is 34.5 Å². The van der Waals surface area contributed by atoms with Crippen molar-refractivity contribution in [3.05, 3.63) is 28.2 Å². The third-order valence-corrected chi connectivity index (χ3v) is 3.89. The van der Waals surface area contributed by atoms with E-state index in [4.69, 9.17) is 0 Å². The normalized spacial score (nSPS) is 20.5. The summed E-state index contributed by atoms with van der Waals surface area (Å²) >= 11 is 7.64. The Balaban J connectivity index is 2.06. The van der Waals surface area contributed by atoms with Crippen LogP contribution < -0.4 is 5.32 Å². The average molecular weight is 315 g/mol. The maximum atomic E-state index is 12.1. The summed E-state index contributed by atoms with van der Waals surface area (Å²) in [6.07, 6.45) is 1.01. The van der Waals surface area contributed by atoms with Crippen LogP contribution in [0.1, 0.15) is 16.8 Å². The molecule has 0 radical (unpaired) electrons. The summed E-state index contributed by atoms with van der Waals surface area (Å²) in [5.41, 5.74) is 0.645. The Kier molecular flexibility index (Phi) is 4.12. The molecule has 0 aliphatic carbocycles. The topological polar surface area (TPSA) is 32.3 Å². The summed E-state index contributed by atoms with van der Waals surface area (Å²) in [6.45, 7) is 1.96. The van der Waals surface area contributed by atoms with Gasteiger partial charge in [0.2, 0.25) is 0 Å². The third kappa shape index (κ3) is 3.24. The minimum absolute atomic E-state index is 0.0342. The zero-order valence-electron chi connectivity index (χ0n) is 9.61. The van der Waals surface area contributed by atoms with E-state index in [-0.39, 0.29) is 11.9 Å². The zero-order chi connectivity index (χ0) is 12.4. The highest BCUT2D eigenvalue weighted by atomic mass is 79.9. The van der Waals surface area contributed by atoms with Crippen molar-refractivity contribution in [3.8, 4) is 0 Å². The Labute approximate surface area is 115 Å². The van der Waals surface area contributed by atoms with E-state index < -0.39 is 0 Å². The van der Waals surface area contributed by atoms with Gasteiger partial charge in [-0.1, -0.05) is 0 Å². The standard InChI is InChI=1S/C12H15BrN2OS/c1-15-5-4-8(7-15)14-12(16)10-6-9(17)2-3-11(10)13/h2-3,6,8,17H,4-5,7H2,1H3,(H,14,16). The molecule has 0 saturated carbocycles. The summed E-state index contributed by atoms with van der Waals surface area (Å²) in [4.78, 5) is 15.1. The number of carbonyl (C=O) groups excluding carboxylic acids is 1. The van der Waals surface area contributed by atoms with Crippen LogP contribution in [0.5, 0.6) is 0 Å². The Morgan fingerprint density at radius 3 is 3.00 bits per heavy atom. The lowest BCUT2D eigenvalue weighted by Gasteiger charge is -2.13. The van der Waals surface area contributed by atoms with E-state index in [1.165, 1.54) is 0 Å². The van der Waals surface area contributed by atoms with Gasteiger partial charge in [0.05, 0.1) is 5.56 Å². The highest BCUT2D eigenvalue weighted by molar-refractivity contribution is 9.10. The number of nitrogens with zero attached hydrogens (tertiary/aromatic N) is 1. The van der Waals surface area contributed by atoms with Crippen molar-refractivity contribution in [1.82, 2.24) is 10.2 Å². The van der Waals surface area contributed by atoms with Crippen molar-refractivity contribution in [3.63, 3.8) is 0 Å². The molecule has 5 heteroatoms. The second-order valence-electron chi connectivity index (χ2n) is 4.39. The van der Waals surface area contributed by atoms with Gasteiger partial charge in [-0.05, 0) is 54.1 Å². The molecule has 17 heavy (non-hydrogen) atoms. The number of amides is 1. The lowest BCUT2D eigenvalue weighted by Crippen LogP contribution is -2.36. The van der Waals surface area contributed by atoms with Gasteiger partial charge in [-0.15, -0.1) is 12.6 Å². The van der Waals surface area contributed by atoms with Gasteiger partial charge in [0.1, 0.15) is 0 Å². The van der Waals surface area contributed by atoms with E-state index in [0.29, 0.717) is 5.56 Å². The summed E-state index contributed by atoms with van der Waals surface area (Å²) in [5, 5.41) is 3.05. The fourth-order valence-corrected chi connectivity index (χ4v) is 2.63. The fourth-order valence-electron chi connectivity index (χ4n) is 2.00. The van der Waals surface area contributed by atoms with E-state index in [9.17, 15) is 4.79 Å². The molecule has 1 aromatic rings. The molecule has 0 aromatic heterocycles. The van der Waals surface area contributed by atoms with Crippen LogP contribution in [0.4, 0.5) is 0 Å². The molecule has 2 rings (SSSR count). The number of halogens is 1. The molecular weight excluding hydrogens is 300 g/mol. The van der Waals surface area contributed by atoms with Gasteiger partial charge in [0, 0.05) is 22.0 Å². The van der Waals surface area contributed by atoms with E-state index >= 15 is 0 Å². The molecule has 3 nitrogen and oxygen atoms in total. The number of hydrogen-bond donors (Lipinski definition) is 2. The first-order valence-corrected chi connectivity index (χ1v) is 6.78. The molecule has 0 spiro atoms. The average Bonchev–Trinajstić information content (AvgIpc) is 2.67. The van der Waals surface area contributed by atoms with Crippen LogP contribution in [0, 0.1) is 0 Å². The van der Waals surface area contributed by atoms with Crippen LogP contribution in [0.2, 0.25) is 0 Å². The number of rotatable bonds is 2. The number of hydrogen-bond acceptors (Lipinski definition) is 3. The monoisotopic (exact) mass is 314 g/mol. The third-order valence-electron chi connectivity index (χ3n) is 2.92. The van der Waals surface area contributed by atoms with E-state index in [1.807, 2.05) is 12.1 Å². The summed E-state index contributed by atoms with van der Waals surface area (Å²) in [7, 11) is 2.07. The first kappa shape index (κ1) is 12.9. The zero-order valence-corrected chi connectivity index (χ0v) is 12.1. The van der Waals surface area contributed by atoms with Crippen LogP contribution in [-0.4, -0.2) is 37.0 Å². The van der Waals surface area contributed by atoms with Gasteiger partial charge in [0.25, 0.3) is 5.91 Å². The molecule has 1 aliphatic heterocycles. The fraction of sp³-hybridized carbons (Fsp3) is 0.417. The summed E-state index contributed by atoms with van der Waals surface area (Å²) < 4.78 is 0.805. The highest BCUT2D eigenvalue weighted by Crippen LogP contribution is 2.20. The molecule has 1 fully saturated rings. The van der Waals surface area contributed by atoms with Crippen molar-refractivity contribution < 1.29 is 4.79 Å². The quantitative estimate of drug-likeness (QED) is 0.820. The number of thiol groups is 1. The lowest BCUT2D eigenvalue weighted by atomic mass is 10.2. The number of likely N-dealkylation sites (tertiary alicyclic amines) is 1. The molecule has 0 bridgehead atoms. The Morgan fingerprint density at radius 2 is 2.35 bits per heavy atom. The van der Waals surface area contributed by atoms with Crippen molar-refractivity contribution in [2.45, 2.75) is 17.4 Å².